The summed E-state index contributed by atoms with van der Waals surface area (Å²) in [6.07, 6.45) is -4.81. The van der Waals surface area contributed by atoms with Crippen LogP contribution in [0.25, 0.3) is 0 Å². The highest BCUT2D eigenvalue weighted by molar-refractivity contribution is 4.90. The molecule has 1 fully saturated rings. The lowest BCUT2D eigenvalue weighted by Gasteiger charge is -2.39. The molecule has 132 valence electrons. The Bertz CT molecular complexity index is 482. The van der Waals surface area contributed by atoms with Gasteiger partial charge >= 0.3 is 0 Å². The van der Waals surface area contributed by atoms with E-state index in [9.17, 15) is 15.3 Å². The van der Waals surface area contributed by atoms with Crippen LogP contribution in [0.2, 0.25) is 0 Å². The first-order valence-corrected chi connectivity index (χ1v) is 7.34. The zero-order chi connectivity index (χ0) is 17.0. The number of rotatable bonds is 7. The third kappa shape index (κ3) is 4.44. The van der Waals surface area contributed by atoms with Crippen molar-refractivity contribution in [1.29, 1.82) is 0 Å². The standard InChI is InChI=1S/C13H23N3O7/c1-7(2)16-3-8(14-15-16)5-21-6-22-13-12(20)11(19)10(18)9(4-17)23-13/h3,7,9-13,17-20H,4-6H2,1-2H3. The van der Waals surface area contributed by atoms with Gasteiger partial charge < -0.3 is 34.6 Å². The molecular formula is C13H23N3O7. The molecule has 0 aliphatic carbocycles. The van der Waals surface area contributed by atoms with Crippen LogP contribution in [0.1, 0.15) is 25.6 Å². The number of ether oxygens (including phenoxy) is 3. The van der Waals surface area contributed by atoms with E-state index in [4.69, 9.17) is 19.3 Å². The number of aromatic nitrogens is 3. The van der Waals surface area contributed by atoms with Crippen LogP contribution in [0.5, 0.6) is 0 Å². The van der Waals surface area contributed by atoms with Crippen molar-refractivity contribution in [2.24, 2.45) is 0 Å². The number of nitrogens with zero attached hydrogens (tertiary/aromatic N) is 3. The highest BCUT2D eigenvalue weighted by atomic mass is 16.8. The van der Waals surface area contributed by atoms with E-state index in [1.165, 1.54) is 0 Å². The molecule has 2 heterocycles. The molecule has 0 spiro atoms. The summed E-state index contributed by atoms with van der Waals surface area (Å²) in [6, 6.07) is 0.196. The van der Waals surface area contributed by atoms with Gasteiger partial charge in [0.1, 0.15) is 30.1 Å². The zero-order valence-electron chi connectivity index (χ0n) is 13.0. The quantitative estimate of drug-likeness (QED) is 0.334. The summed E-state index contributed by atoms with van der Waals surface area (Å²) >= 11 is 0. The molecule has 5 unspecified atom stereocenters. The van der Waals surface area contributed by atoms with Crippen molar-refractivity contribution in [2.75, 3.05) is 13.4 Å². The van der Waals surface area contributed by atoms with E-state index in [1.54, 1.807) is 10.9 Å². The number of hydrogen-bond donors (Lipinski definition) is 4. The Morgan fingerprint density at radius 2 is 2.00 bits per heavy atom. The maximum absolute atomic E-state index is 9.78. The fourth-order valence-electron chi connectivity index (χ4n) is 2.10. The van der Waals surface area contributed by atoms with Gasteiger partial charge in [0, 0.05) is 6.04 Å². The normalized spacial score (nSPS) is 31.7. The van der Waals surface area contributed by atoms with Gasteiger partial charge in [-0.15, -0.1) is 5.10 Å². The lowest BCUT2D eigenvalue weighted by Crippen LogP contribution is -2.59. The lowest BCUT2D eigenvalue weighted by molar-refractivity contribution is -0.317. The Kier molecular flexibility index (Phi) is 6.41. The van der Waals surface area contributed by atoms with E-state index >= 15 is 0 Å². The van der Waals surface area contributed by atoms with Gasteiger partial charge in [0.05, 0.1) is 19.4 Å². The Balaban J connectivity index is 1.76. The van der Waals surface area contributed by atoms with Crippen molar-refractivity contribution >= 4 is 0 Å². The van der Waals surface area contributed by atoms with Crippen LogP contribution < -0.4 is 0 Å². The highest BCUT2D eigenvalue weighted by Crippen LogP contribution is 2.21. The van der Waals surface area contributed by atoms with Crippen molar-refractivity contribution in [3.8, 4) is 0 Å². The molecule has 0 bridgehead atoms. The summed E-state index contributed by atoms with van der Waals surface area (Å²) in [5.74, 6) is 0. The van der Waals surface area contributed by atoms with Gasteiger partial charge in [-0.05, 0) is 13.8 Å². The van der Waals surface area contributed by atoms with E-state index < -0.39 is 37.3 Å². The fraction of sp³-hybridized carbons (Fsp3) is 0.846. The molecule has 10 heteroatoms. The highest BCUT2D eigenvalue weighted by Gasteiger charge is 2.44. The van der Waals surface area contributed by atoms with Gasteiger partial charge in [-0.3, -0.25) is 0 Å². The minimum atomic E-state index is -1.48. The summed E-state index contributed by atoms with van der Waals surface area (Å²) < 4.78 is 17.3. The van der Waals surface area contributed by atoms with Crippen LogP contribution in [-0.4, -0.2) is 79.5 Å². The first-order valence-electron chi connectivity index (χ1n) is 7.34. The number of hydrogen-bond acceptors (Lipinski definition) is 9. The van der Waals surface area contributed by atoms with E-state index in [0.717, 1.165) is 0 Å². The van der Waals surface area contributed by atoms with E-state index in [0.29, 0.717) is 5.69 Å². The van der Waals surface area contributed by atoms with Crippen LogP contribution in [-0.2, 0) is 20.8 Å². The van der Waals surface area contributed by atoms with E-state index in [1.807, 2.05) is 13.8 Å². The van der Waals surface area contributed by atoms with Crippen molar-refractivity contribution in [3.05, 3.63) is 11.9 Å². The zero-order valence-corrected chi connectivity index (χ0v) is 13.0. The maximum Gasteiger partial charge on any atom is 0.189 e. The Hall–Kier alpha value is -1.14. The lowest BCUT2D eigenvalue weighted by atomic mass is 9.99. The SMILES string of the molecule is CC(C)n1cc(COCOC2OC(CO)C(O)C(O)C2O)nn1. The molecule has 2 rings (SSSR count). The number of aliphatic hydroxyl groups excluding tert-OH is 4. The first-order chi connectivity index (χ1) is 10.9. The van der Waals surface area contributed by atoms with E-state index in [-0.39, 0.29) is 19.4 Å². The molecule has 0 saturated carbocycles. The van der Waals surface area contributed by atoms with Crippen molar-refractivity contribution < 1.29 is 34.6 Å². The third-order valence-corrected chi connectivity index (χ3v) is 3.50. The average Bonchev–Trinajstić information content (AvgIpc) is 3.00. The molecule has 0 amide bonds. The Labute approximate surface area is 133 Å². The fourth-order valence-corrected chi connectivity index (χ4v) is 2.10. The van der Waals surface area contributed by atoms with Gasteiger partial charge in [0.15, 0.2) is 13.1 Å². The summed E-state index contributed by atoms with van der Waals surface area (Å²) in [4.78, 5) is 0. The minimum Gasteiger partial charge on any atom is -0.394 e. The van der Waals surface area contributed by atoms with Crippen LogP contribution in [0.15, 0.2) is 6.20 Å². The second kappa shape index (κ2) is 8.11. The maximum atomic E-state index is 9.78. The largest absolute Gasteiger partial charge is 0.394 e. The molecule has 0 radical (unpaired) electrons. The molecule has 1 aromatic rings. The van der Waals surface area contributed by atoms with Crippen LogP contribution in [0, 0.1) is 0 Å². The smallest absolute Gasteiger partial charge is 0.189 e. The molecule has 1 aliphatic rings. The molecule has 1 saturated heterocycles. The van der Waals surface area contributed by atoms with Gasteiger partial charge in [0.25, 0.3) is 0 Å². The molecular weight excluding hydrogens is 310 g/mol. The van der Waals surface area contributed by atoms with Crippen LogP contribution in [0.4, 0.5) is 0 Å². The van der Waals surface area contributed by atoms with Crippen LogP contribution >= 0.6 is 0 Å². The molecule has 4 N–H and O–H groups in total. The molecule has 23 heavy (non-hydrogen) atoms. The number of aliphatic hydroxyl groups is 4. The summed E-state index contributed by atoms with van der Waals surface area (Å²) in [5.41, 5.74) is 0.621. The van der Waals surface area contributed by atoms with Crippen LogP contribution in [0.3, 0.4) is 0 Å². The predicted octanol–water partition coefficient (Wildman–Crippen LogP) is -1.85. The van der Waals surface area contributed by atoms with Gasteiger partial charge in [0.2, 0.25) is 0 Å². The first kappa shape index (κ1) is 18.2. The molecule has 10 nitrogen and oxygen atoms in total. The summed E-state index contributed by atoms with van der Waals surface area (Å²) in [5, 5.41) is 46.0. The second-order valence-electron chi connectivity index (χ2n) is 5.61. The Morgan fingerprint density at radius 1 is 1.26 bits per heavy atom. The predicted molar refractivity (Wildman–Crippen MR) is 74.9 cm³/mol. The topological polar surface area (TPSA) is 139 Å². The van der Waals surface area contributed by atoms with Crippen molar-refractivity contribution in [1.82, 2.24) is 15.0 Å². The summed E-state index contributed by atoms with van der Waals surface area (Å²) in [6.45, 7) is 3.37. The van der Waals surface area contributed by atoms with Gasteiger partial charge in [-0.2, -0.15) is 0 Å². The monoisotopic (exact) mass is 333 g/mol. The van der Waals surface area contributed by atoms with Crippen molar-refractivity contribution in [2.45, 2.75) is 57.2 Å². The third-order valence-electron chi connectivity index (χ3n) is 3.50. The molecule has 1 aromatic heterocycles. The Morgan fingerprint density at radius 3 is 2.61 bits per heavy atom. The minimum absolute atomic E-state index is 0.157. The van der Waals surface area contributed by atoms with Gasteiger partial charge in [-0.1, -0.05) is 5.21 Å². The second-order valence-corrected chi connectivity index (χ2v) is 5.61. The summed E-state index contributed by atoms with van der Waals surface area (Å²) in [7, 11) is 0. The molecule has 0 aromatic carbocycles. The van der Waals surface area contributed by atoms with Gasteiger partial charge in [-0.25, -0.2) is 4.68 Å². The molecule has 1 aliphatic heterocycles. The average molecular weight is 333 g/mol. The molecule has 5 atom stereocenters. The van der Waals surface area contributed by atoms with Crippen molar-refractivity contribution in [3.63, 3.8) is 0 Å². The van der Waals surface area contributed by atoms with E-state index in [2.05, 4.69) is 10.3 Å².